The topological polar surface area (TPSA) is 81.1 Å². The maximum Gasteiger partial charge on any atom is 0.277 e. The van der Waals surface area contributed by atoms with E-state index in [1.807, 2.05) is 34.9 Å². The van der Waals surface area contributed by atoms with Gasteiger partial charge in [-0.3, -0.25) is 0 Å². The minimum Gasteiger partial charge on any atom is -0.357 e. The summed E-state index contributed by atoms with van der Waals surface area (Å²) in [5, 5.41) is 16.1. The summed E-state index contributed by atoms with van der Waals surface area (Å²) < 4.78 is 3.56. The summed E-state index contributed by atoms with van der Waals surface area (Å²) in [6.07, 6.45) is 6.92. The highest BCUT2D eigenvalue weighted by Crippen LogP contribution is 2.40. The molecule has 0 aliphatic heterocycles. The van der Waals surface area contributed by atoms with E-state index in [1.165, 1.54) is 12.0 Å². The number of hydrogen-bond acceptors (Lipinski definition) is 4. The maximum absolute atomic E-state index is 10.7. The fourth-order valence-electron chi connectivity index (χ4n) is 4.94. The average Bonchev–Trinajstić information content (AvgIpc) is 3.28. The van der Waals surface area contributed by atoms with E-state index in [-0.39, 0.29) is 5.54 Å². The van der Waals surface area contributed by atoms with Crippen LogP contribution in [0, 0.1) is 0 Å². The van der Waals surface area contributed by atoms with Gasteiger partial charge in [0, 0.05) is 35.6 Å². The molecule has 2 aromatic carbocycles. The number of fused-ring (bicyclic) bond motifs is 3. The predicted octanol–water partition coefficient (Wildman–Crippen LogP) is 4.53. The molecule has 3 aromatic heterocycles. The SMILES string of the molecule is CC(C)(O)n1nc[n+]2ccc3nc(-c4ccc(C5(N)CCC5)cc4)c(-c4ccccc4)cc3c12. The zero-order valence-electron chi connectivity index (χ0n) is 19.4. The highest BCUT2D eigenvalue weighted by atomic mass is 16.3. The molecule has 1 aliphatic rings. The molecule has 0 bridgehead atoms. The summed E-state index contributed by atoms with van der Waals surface area (Å²) in [6, 6.07) is 23.0. The van der Waals surface area contributed by atoms with Crippen LogP contribution >= 0.6 is 0 Å². The molecule has 6 heteroatoms. The highest BCUT2D eigenvalue weighted by Gasteiger charge is 2.34. The second kappa shape index (κ2) is 7.45. The number of pyridine rings is 2. The molecule has 0 unspecified atom stereocenters. The third-order valence-electron chi connectivity index (χ3n) is 7.00. The third-order valence-corrected chi connectivity index (χ3v) is 7.00. The van der Waals surface area contributed by atoms with Gasteiger partial charge in [0.25, 0.3) is 12.0 Å². The van der Waals surface area contributed by atoms with Gasteiger partial charge >= 0.3 is 0 Å². The monoisotopic (exact) mass is 450 g/mol. The zero-order valence-corrected chi connectivity index (χ0v) is 19.4. The Hall–Kier alpha value is -3.61. The molecule has 6 nitrogen and oxygen atoms in total. The van der Waals surface area contributed by atoms with Gasteiger partial charge in [0.2, 0.25) is 5.72 Å². The number of aliphatic hydroxyl groups is 1. The first-order chi connectivity index (χ1) is 16.3. The van der Waals surface area contributed by atoms with Crippen LogP contribution in [0.2, 0.25) is 0 Å². The first kappa shape index (κ1) is 21.0. The molecule has 170 valence electrons. The number of nitrogens with two attached hydrogens (primary N) is 1. The van der Waals surface area contributed by atoms with Gasteiger partial charge in [0.05, 0.1) is 22.8 Å². The van der Waals surface area contributed by atoms with Crippen molar-refractivity contribution in [2.45, 2.75) is 44.4 Å². The van der Waals surface area contributed by atoms with Crippen molar-refractivity contribution in [1.29, 1.82) is 0 Å². The van der Waals surface area contributed by atoms with E-state index in [0.717, 1.165) is 51.8 Å². The van der Waals surface area contributed by atoms with Crippen LogP contribution in [0.15, 0.2) is 79.3 Å². The van der Waals surface area contributed by atoms with Crippen molar-refractivity contribution in [3.8, 4) is 22.4 Å². The van der Waals surface area contributed by atoms with Crippen molar-refractivity contribution in [2.75, 3.05) is 0 Å². The van der Waals surface area contributed by atoms with Gasteiger partial charge in [0.1, 0.15) is 0 Å². The Kier molecular flexibility index (Phi) is 4.59. The van der Waals surface area contributed by atoms with Crippen LogP contribution < -0.4 is 10.1 Å². The fraction of sp³-hybridized carbons (Fsp3) is 0.250. The van der Waals surface area contributed by atoms with Crippen LogP contribution in [0.1, 0.15) is 38.7 Å². The first-order valence-electron chi connectivity index (χ1n) is 11.7. The van der Waals surface area contributed by atoms with Crippen molar-refractivity contribution in [3.63, 3.8) is 0 Å². The predicted molar refractivity (Wildman–Crippen MR) is 133 cm³/mol. The molecule has 0 spiro atoms. The first-order valence-corrected chi connectivity index (χ1v) is 11.7. The number of benzene rings is 2. The molecular formula is C28H28N5O+. The highest BCUT2D eigenvalue weighted by molar-refractivity contribution is 5.97. The van der Waals surface area contributed by atoms with Crippen LogP contribution in [0.5, 0.6) is 0 Å². The van der Waals surface area contributed by atoms with Crippen LogP contribution in [0.25, 0.3) is 38.9 Å². The van der Waals surface area contributed by atoms with Crippen molar-refractivity contribution >= 4 is 16.6 Å². The summed E-state index contributed by atoms with van der Waals surface area (Å²) in [4.78, 5) is 5.13. The van der Waals surface area contributed by atoms with E-state index in [0.29, 0.717) is 0 Å². The van der Waals surface area contributed by atoms with Crippen LogP contribution in [0.3, 0.4) is 0 Å². The number of aromatic nitrogens is 4. The molecule has 1 aliphatic carbocycles. The molecule has 6 rings (SSSR count). The summed E-state index contributed by atoms with van der Waals surface area (Å²) in [5.41, 5.74) is 12.1. The Balaban J connectivity index is 1.60. The van der Waals surface area contributed by atoms with E-state index >= 15 is 0 Å². The van der Waals surface area contributed by atoms with Crippen LogP contribution in [-0.4, -0.2) is 19.9 Å². The van der Waals surface area contributed by atoms with E-state index < -0.39 is 5.72 Å². The number of hydrogen-bond donors (Lipinski definition) is 2. The minimum atomic E-state index is -1.15. The second-order valence-electron chi connectivity index (χ2n) is 9.85. The lowest BCUT2D eigenvalue weighted by Crippen LogP contribution is -2.43. The Labute approximate surface area is 198 Å². The van der Waals surface area contributed by atoms with Gasteiger partial charge in [0.15, 0.2) is 0 Å². The Bertz CT molecular complexity index is 1510. The van der Waals surface area contributed by atoms with Crippen molar-refractivity contribution in [1.82, 2.24) is 14.8 Å². The van der Waals surface area contributed by atoms with E-state index in [9.17, 15) is 5.11 Å². The minimum absolute atomic E-state index is 0.185. The normalized spacial score (nSPS) is 15.5. The number of nitrogens with zero attached hydrogens (tertiary/aromatic N) is 4. The van der Waals surface area contributed by atoms with Crippen LogP contribution in [-0.2, 0) is 11.3 Å². The second-order valence-corrected chi connectivity index (χ2v) is 9.85. The zero-order chi connectivity index (χ0) is 23.5. The Morgan fingerprint density at radius 3 is 2.38 bits per heavy atom. The largest absolute Gasteiger partial charge is 0.357 e. The molecular weight excluding hydrogens is 422 g/mol. The molecule has 3 heterocycles. The van der Waals surface area contributed by atoms with Gasteiger partial charge in [-0.2, -0.15) is 0 Å². The van der Waals surface area contributed by atoms with Crippen molar-refractivity contribution < 1.29 is 9.51 Å². The summed E-state index contributed by atoms with van der Waals surface area (Å²) in [6.45, 7) is 3.46. The number of rotatable bonds is 4. The molecule has 0 saturated heterocycles. The van der Waals surface area contributed by atoms with E-state index in [4.69, 9.17) is 10.7 Å². The van der Waals surface area contributed by atoms with E-state index in [1.54, 1.807) is 24.9 Å². The standard InChI is InChI=1S/C28H28N5O/c1-27(2,34)33-26-23-17-22(19-7-4-3-5-8-19)25(31-24(23)13-16-32(26)18-30-33)20-9-11-21(12-10-20)28(29)14-6-15-28/h3-5,7-13,16-18,34H,6,14-15,29H2,1-2H3/q+1. The molecule has 1 fully saturated rings. The summed E-state index contributed by atoms with van der Waals surface area (Å²) >= 11 is 0. The fourth-order valence-corrected chi connectivity index (χ4v) is 4.94. The van der Waals surface area contributed by atoms with Gasteiger partial charge in [-0.1, -0.05) is 59.3 Å². The van der Waals surface area contributed by atoms with Crippen molar-refractivity contribution in [2.24, 2.45) is 5.73 Å². The molecule has 3 N–H and O–H groups in total. The molecule has 0 radical (unpaired) electrons. The Morgan fingerprint density at radius 1 is 1.00 bits per heavy atom. The smallest absolute Gasteiger partial charge is 0.277 e. The molecule has 1 saturated carbocycles. The van der Waals surface area contributed by atoms with Gasteiger partial charge in [-0.15, -0.1) is 0 Å². The Morgan fingerprint density at radius 2 is 1.74 bits per heavy atom. The molecule has 5 aromatic rings. The lowest BCUT2D eigenvalue weighted by atomic mass is 9.72. The van der Waals surface area contributed by atoms with Gasteiger partial charge in [-0.25, -0.2) is 9.38 Å². The quantitative estimate of drug-likeness (QED) is 0.394. The maximum atomic E-state index is 10.7. The van der Waals surface area contributed by atoms with Gasteiger partial charge < -0.3 is 10.8 Å². The van der Waals surface area contributed by atoms with Crippen LogP contribution in [0.4, 0.5) is 0 Å². The third kappa shape index (κ3) is 3.30. The summed E-state index contributed by atoms with van der Waals surface area (Å²) in [7, 11) is 0. The van der Waals surface area contributed by atoms with E-state index in [2.05, 4.69) is 47.6 Å². The molecule has 0 amide bonds. The lowest BCUT2D eigenvalue weighted by Gasteiger charge is -2.38. The molecule has 34 heavy (non-hydrogen) atoms. The lowest BCUT2D eigenvalue weighted by molar-refractivity contribution is -0.511. The molecule has 0 atom stereocenters. The van der Waals surface area contributed by atoms with Gasteiger partial charge in [-0.05, 0) is 42.5 Å². The van der Waals surface area contributed by atoms with Crippen molar-refractivity contribution in [3.05, 3.63) is 84.8 Å². The summed E-state index contributed by atoms with van der Waals surface area (Å²) in [5.74, 6) is 0. The average molecular weight is 451 g/mol.